The summed E-state index contributed by atoms with van der Waals surface area (Å²) in [7, 11) is 1.48. The number of hydrogen-bond donors (Lipinski definition) is 2. The largest absolute Gasteiger partial charge is 0.495 e. The van der Waals surface area contributed by atoms with Gasteiger partial charge in [0.1, 0.15) is 12.3 Å². The molecule has 2 aromatic rings. The summed E-state index contributed by atoms with van der Waals surface area (Å²) in [5.41, 5.74) is 0.818. The van der Waals surface area contributed by atoms with Gasteiger partial charge in [-0.2, -0.15) is 0 Å². The second-order valence-corrected chi connectivity index (χ2v) is 5.95. The fourth-order valence-corrected chi connectivity index (χ4v) is 2.26. The van der Waals surface area contributed by atoms with Crippen LogP contribution in [0.1, 0.15) is 17.3 Å². The van der Waals surface area contributed by atoms with Crippen molar-refractivity contribution in [3.8, 4) is 5.75 Å². The zero-order chi connectivity index (χ0) is 19.8. The number of halogens is 1. The minimum absolute atomic E-state index is 0.356. The van der Waals surface area contributed by atoms with E-state index in [0.29, 0.717) is 22.0 Å². The van der Waals surface area contributed by atoms with Crippen LogP contribution in [0, 0.1) is 0 Å². The topological polar surface area (TPSA) is 93.7 Å². The summed E-state index contributed by atoms with van der Waals surface area (Å²) in [5, 5.41) is 5.54. The van der Waals surface area contributed by atoms with Gasteiger partial charge in [-0.05, 0) is 43.3 Å². The summed E-state index contributed by atoms with van der Waals surface area (Å²) < 4.78 is 10.2. The number of methoxy groups -OCH3 is 1. The van der Waals surface area contributed by atoms with Gasteiger partial charge < -0.3 is 20.1 Å². The van der Waals surface area contributed by atoms with E-state index in [1.165, 1.54) is 26.2 Å². The van der Waals surface area contributed by atoms with Gasteiger partial charge in [-0.25, -0.2) is 0 Å². The predicted molar refractivity (Wildman–Crippen MR) is 101 cm³/mol. The first-order chi connectivity index (χ1) is 12.9. The molecule has 142 valence electrons. The van der Waals surface area contributed by atoms with Gasteiger partial charge in [-0.1, -0.05) is 23.7 Å². The number of carbonyl (C=O) groups excluding carboxylic acids is 3. The molecule has 7 nitrogen and oxygen atoms in total. The lowest BCUT2D eigenvalue weighted by Crippen LogP contribution is -2.35. The maximum Gasteiger partial charge on any atom is 0.326 e. The predicted octanol–water partition coefficient (Wildman–Crippen LogP) is 2.65. The first-order valence-electron chi connectivity index (χ1n) is 8.08. The molecule has 0 radical (unpaired) electrons. The molecule has 2 rings (SSSR count). The average Bonchev–Trinajstić information content (AvgIpc) is 2.67. The van der Waals surface area contributed by atoms with Gasteiger partial charge in [0.25, 0.3) is 11.8 Å². The van der Waals surface area contributed by atoms with Crippen LogP contribution < -0.4 is 15.4 Å². The van der Waals surface area contributed by atoms with E-state index in [0.717, 1.165) is 0 Å². The lowest BCUT2D eigenvalue weighted by Gasteiger charge is -2.15. The zero-order valence-corrected chi connectivity index (χ0v) is 15.6. The van der Waals surface area contributed by atoms with E-state index in [1.54, 1.807) is 36.4 Å². The molecular formula is C19H19ClN2O5. The first-order valence-corrected chi connectivity index (χ1v) is 8.45. The highest BCUT2D eigenvalue weighted by Gasteiger charge is 2.19. The van der Waals surface area contributed by atoms with Crippen LogP contribution in [0.2, 0.25) is 5.02 Å². The minimum atomic E-state index is -1.05. The van der Waals surface area contributed by atoms with Crippen molar-refractivity contribution in [2.24, 2.45) is 0 Å². The van der Waals surface area contributed by atoms with Crippen molar-refractivity contribution >= 4 is 35.1 Å². The SMILES string of the molecule is COc1ccccc1NC(=O)[C@H](C)OC(=O)CNC(=O)c1ccc(Cl)cc1. The van der Waals surface area contributed by atoms with E-state index in [1.807, 2.05) is 0 Å². The third-order valence-electron chi connectivity index (χ3n) is 3.54. The molecule has 0 aliphatic heterocycles. The van der Waals surface area contributed by atoms with E-state index in [9.17, 15) is 14.4 Å². The van der Waals surface area contributed by atoms with E-state index >= 15 is 0 Å². The van der Waals surface area contributed by atoms with E-state index in [-0.39, 0.29) is 6.54 Å². The van der Waals surface area contributed by atoms with Gasteiger partial charge in [0.05, 0.1) is 12.8 Å². The Kier molecular flexibility index (Phi) is 7.19. The molecule has 0 saturated heterocycles. The summed E-state index contributed by atoms with van der Waals surface area (Å²) in [4.78, 5) is 36.0. The quantitative estimate of drug-likeness (QED) is 0.709. The van der Waals surface area contributed by atoms with Crippen molar-refractivity contribution in [2.45, 2.75) is 13.0 Å². The highest BCUT2D eigenvalue weighted by atomic mass is 35.5. The molecule has 2 aromatic carbocycles. The van der Waals surface area contributed by atoms with Crippen LogP contribution in [-0.2, 0) is 14.3 Å². The second kappa shape index (κ2) is 9.59. The summed E-state index contributed by atoms with van der Waals surface area (Å²) in [6.45, 7) is 1.07. The number of anilines is 1. The molecule has 2 N–H and O–H groups in total. The number of hydrogen-bond acceptors (Lipinski definition) is 5. The Morgan fingerprint density at radius 1 is 1.07 bits per heavy atom. The summed E-state index contributed by atoms with van der Waals surface area (Å²) >= 11 is 5.76. The molecule has 0 unspecified atom stereocenters. The van der Waals surface area contributed by atoms with Crippen LogP contribution in [0.15, 0.2) is 48.5 Å². The van der Waals surface area contributed by atoms with Crippen molar-refractivity contribution in [1.29, 1.82) is 0 Å². The second-order valence-electron chi connectivity index (χ2n) is 5.51. The van der Waals surface area contributed by atoms with Crippen molar-refractivity contribution in [3.05, 3.63) is 59.1 Å². The highest BCUT2D eigenvalue weighted by Crippen LogP contribution is 2.23. The number of ether oxygens (including phenoxy) is 2. The number of benzene rings is 2. The molecule has 0 fully saturated rings. The molecule has 0 saturated carbocycles. The average molecular weight is 391 g/mol. The fraction of sp³-hybridized carbons (Fsp3) is 0.211. The van der Waals surface area contributed by atoms with Gasteiger partial charge in [0, 0.05) is 10.6 Å². The molecule has 1 atom stereocenters. The van der Waals surface area contributed by atoms with Crippen LogP contribution in [0.4, 0.5) is 5.69 Å². The lowest BCUT2D eigenvalue weighted by atomic mass is 10.2. The normalized spacial score (nSPS) is 11.2. The summed E-state index contributed by atoms with van der Waals surface area (Å²) in [6, 6.07) is 13.1. The Balaban J connectivity index is 1.83. The Hall–Kier alpha value is -3.06. The highest BCUT2D eigenvalue weighted by molar-refractivity contribution is 6.30. The van der Waals surface area contributed by atoms with E-state index < -0.39 is 23.9 Å². The van der Waals surface area contributed by atoms with Gasteiger partial charge in [0.15, 0.2) is 6.10 Å². The van der Waals surface area contributed by atoms with Gasteiger partial charge >= 0.3 is 5.97 Å². The molecule has 2 amide bonds. The number of amides is 2. The molecular weight excluding hydrogens is 372 g/mol. The Morgan fingerprint density at radius 2 is 1.74 bits per heavy atom. The first kappa shape index (κ1) is 20.3. The molecule has 27 heavy (non-hydrogen) atoms. The van der Waals surface area contributed by atoms with E-state index in [4.69, 9.17) is 21.1 Å². The van der Waals surface area contributed by atoms with Crippen LogP contribution in [0.3, 0.4) is 0 Å². The molecule has 0 bridgehead atoms. The van der Waals surface area contributed by atoms with Crippen molar-refractivity contribution in [1.82, 2.24) is 5.32 Å². The zero-order valence-electron chi connectivity index (χ0n) is 14.8. The molecule has 0 aliphatic carbocycles. The van der Waals surface area contributed by atoms with Crippen molar-refractivity contribution in [2.75, 3.05) is 19.0 Å². The fourth-order valence-electron chi connectivity index (χ4n) is 2.13. The Labute approximate surface area is 161 Å². The van der Waals surface area contributed by atoms with Gasteiger partial charge in [-0.15, -0.1) is 0 Å². The maximum atomic E-state index is 12.2. The number of carbonyl (C=O) groups is 3. The Bertz CT molecular complexity index is 823. The van der Waals surface area contributed by atoms with Crippen LogP contribution in [0.25, 0.3) is 0 Å². The maximum absolute atomic E-state index is 12.2. The lowest BCUT2D eigenvalue weighted by molar-refractivity contribution is -0.152. The summed E-state index contributed by atoms with van der Waals surface area (Å²) in [5.74, 6) is -1.22. The monoisotopic (exact) mass is 390 g/mol. The third kappa shape index (κ3) is 6.00. The molecule has 8 heteroatoms. The Morgan fingerprint density at radius 3 is 2.41 bits per heavy atom. The van der Waals surface area contributed by atoms with Gasteiger partial charge in [-0.3, -0.25) is 14.4 Å². The van der Waals surface area contributed by atoms with Crippen LogP contribution in [-0.4, -0.2) is 37.5 Å². The molecule has 0 spiro atoms. The minimum Gasteiger partial charge on any atom is -0.495 e. The number of nitrogens with one attached hydrogen (secondary N) is 2. The summed E-state index contributed by atoms with van der Waals surface area (Å²) in [6.07, 6.45) is -1.05. The van der Waals surface area contributed by atoms with Crippen LogP contribution in [0.5, 0.6) is 5.75 Å². The smallest absolute Gasteiger partial charge is 0.326 e. The third-order valence-corrected chi connectivity index (χ3v) is 3.79. The van der Waals surface area contributed by atoms with Gasteiger partial charge in [0.2, 0.25) is 0 Å². The number of esters is 1. The van der Waals surface area contributed by atoms with Crippen molar-refractivity contribution in [3.63, 3.8) is 0 Å². The molecule has 0 aromatic heterocycles. The van der Waals surface area contributed by atoms with E-state index in [2.05, 4.69) is 10.6 Å². The number of para-hydroxylation sites is 2. The molecule has 0 heterocycles. The van der Waals surface area contributed by atoms with Crippen LogP contribution >= 0.6 is 11.6 Å². The number of rotatable bonds is 7. The van der Waals surface area contributed by atoms with Crippen molar-refractivity contribution < 1.29 is 23.9 Å². The molecule has 0 aliphatic rings. The standard InChI is InChI=1S/C19H19ClN2O5/c1-12(18(24)22-15-5-3-4-6-16(15)26-2)27-17(23)11-21-19(25)13-7-9-14(20)10-8-13/h3-10,12H,11H2,1-2H3,(H,21,25)(H,22,24)/t12-/m0/s1.